The van der Waals surface area contributed by atoms with Crippen LogP contribution in [0.15, 0.2) is 15.7 Å². The maximum absolute atomic E-state index is 12.2. The Morgan fingerprint density at radius 2 is 1.95 bits per heavy atom. The number of primary sulfonamides is 1. The second-order valence-electron chi connectivity index (χ2n) is 5.78. The van der Waals surface area contributed by atoms with Crippen LogP contribution in [0.5, 0.6) is 0 Å². The van der Waals surface area contributed by atoms with Gasteiger partial charge in [-0.05, 0) is 24.9 Å². The van der Waals surface area contributed by atoms with Crippen LogP contribution < -0.4 is 10.5 Å². The molecule has 2 saturated heterocycles. The minimum atomic E-state index is -3.71. The lowest BCUT2D eigenvalue weighted by Crippen LogP contribution is -2.35. The monoisotopic (exact) mass is 330 g/mol. The van der Waals surface area contributed by atoms with Gasteiger partial charge in [0, 0.05) is 31.6 Å². The fourth-order valence-electron chi connectivity index (χ4n) is 3.13. The summed E-state index contributed by atoms with van der Waals surface area (Å²) in [6.45, 7) is 3.57. The number of rotatable bonds is 2. The molecule has 116 valence electrons. The highest BCUT2D eigenvalue weighted by atomic mass is 32.2. The fourth-order valence-corrected chi connectivity index (χ4v) is 4.66. The third-order valence-electron chi connectivity index (χ3n) is 4.06. The molecule has 1 aromatic rings. The van der Waals surface area contributed by atoms with Gasteiger partial charge >= 0.3 is 6.03 Å². The average Bonchev–Trinajstić information content (AvgIpc) is 3.01. The number of anilines is 1. The number of carbonyl (C=O) groups is 1. The summed E-state index contributed by atoms with van der Waals surface area (Å²) in [6.07, 6.45) is 0. The first kappa shape index (κ1) is 14.8. The van der Waals surface area contributed by atoms with Gasteiger partial charge in [-0.25, -0.2) is 18.4 Å². The van der Waals surface area contributed by atoms with E-state index in [-0.39, 0.29) is 10.2 Å². The second-order valence-corrected chi connectivity index (χ2v) is 8.48. The molecular weight excluding hydrogens is 312 g/mol. The predicted octanol–water partition coefficient (Wildman–Crippen LogP) is 0.421. The molecule has 3 N–H and O–H groups in total. The number of hydrogen-bond acceptors (Lipinski definition) is 5. The van der Waals surface area contributed by atoms with Gasteiger partial charge in [-0.3, -0.25) is 0 Å². The highest BCUT2D eigenvalue weighted by Gasteiger charge is 2.40. The molecule has 7 nitrogen and oxygen atoms in total. The number of sulfonamides is 1. The Morgan fingerprint density at radius 3 is 2.48 bits per heavy atom. The topological polar surface area (TPSA) is 95.7 Å². The van der Waals surface area contributed by atoms with E-state index in [0.29, 0.717) is 17.5 Å². The molecule has 2 aliphatic heterocycles. The SMILES string of the molecule is CN1C[C@@H]2CN(C(=O)Nc3csc(S(N)(=O)=O)c3)C[C@@H]2C1. The zero-order valence-corrected chi connectivity index (χ0v) is 13.3. The molecule has 0 radical (unpaired) electrons. The summed E-state index contributed by atoms with van der Waals surface area (Å²) in [5, 5.41) is 9.38. The van der Waals surface area contributed by atoms with Crippen LogP contribution in [0.1, 0.15) is 0 Å². The molecule has 2 atom stereocenters. The number of nitrogens with one attached hydrogen (secondary N) is 1. The van der Waals surface area contributed by atoms with Gasteiger partial charge in [-0.1, -0.05) is 0 Å². The van der Waals surface area contributed by atoms with Crippen LogP contribution in [0.4, 0.5) is 10.5 Å². The van der Waals surface area contributed by atoms with E-state index in [1.54, 1.807) is 10.3 Å². The van der Waals surface area contributed by atoms with Gasteiger partial charge in [0.2, 0.25) is 10.0 Å². The van der Waals surface area contributed by atoms with Crippen LogP contribution in [0, 0.1) is 11.8 Å². The molecule has 1 aromatic heterocycles. The Hall–Kier alpha value is -1.16. The fraction of sp³-hybridized carbons (Fsp3) is 0.583. The number of thiophene rings is 1. The summed E-state index contributed by atoms with van der Waals surface area (Å²) in [5.74, 6) is 1.09. The van der Waals surface area contributed by atoms with Crippen molar-refractivity contribution < 1.29 is 13.2 Å². The van der Waals surface area contributed by atoms with Crippen molar-refractivity contribution in [2.45, 2.75) is 4.21 Å². The summed E-state index contributed by atoms with van der Waals surface area (Å²) in [7, 11) is -1.61. The normalized spacial score (nSPS) is 26.1. The van der Waals surface area contributed by atoms with Crippen molar-refractivity contribution in [1.82, 2.24) is 9.80 Å². The maximum Gasteiger partial charge on any atom is 0.321 e. The number of urea groups is 1. The Balaban J connectivity index is 1.61. The van der Waals surface area contributed by atoms with E-state index in [9.17, 15) is 13.2 Å². The third kappa shape index (κ3) is 3.05. The lowest BCUT2D eigenvalue weighted by Gasteiger charge is -2.19. The Morgan fingerprint density at radius 1 is 1.33 bits per heavy atom. The van der Waals surface area contributed by atoms with Crippen molar-refractivity contribution >= 4 is 33.1 Å². The van der Waals surface area contributed by atoms with E-state index in [1.807, 2.05) is 0 Å². The second kappa shape index (κ2) is 5.24. The highest BCUT2D eigenvalue weighted by molar-refractivity contribution is 7.91. The van der Waals surface area contributed by atoms with Crippen LogP contribution in [0.2, 0.25) is 0 Å². The maximum atomic E-state index is 12.2. The van der Waals surface area contributed by atoms with E-state index in [4.69, 9.17) is 5.14 Å². The number of likely N-dealkylation sites (tertiary alicyclic amines) is 2. The molecule has 0 spiro atoms. The van der Waals surface area contributed by atoms with Crippen molar-refractivity contribution in [3.05, 3.63) is 11.4 Å². The van der Waals surface area contributed by atoms with Crippen LogP contribution in [0.3, 0.4) is 0 Å². The largest absolute Gasteiger partial charge is 0.324 e. The lowest BCUT2D eigenvalue weighted by molar-refractivity contribution is 0.215. The molecule has 0 unspecified atom stereocenters. The van der Waals surface area contributed by atoms with Gasteiger partial charge in [-0.2, -0.15) is 0 Å². The first-order valence-corrected chi connectivity index (χ1v) is 9.11. The Kier molecular flexibility index (Phi) is 3.68. The summed E-state index contributed by atoms with van der Waals surface area (Å²) < 4.78 is 22.5. The quantitative estimate of drug-likeness (QED) is 0.821. The van der Waals surface area contributed by atoms with Crippen LogP contribution >= 0.6 is 11.3 Å². The van der Waals surface area contributed by atoms with Crippen molar-refractivity contribution in [1.29, 1.82) is 0 Å². The van der Waals surface area contributed by atoms with Crippen LogP contribution in [-0.4, -0.2) is 57.5 Å². The summed E-state index contributed by atoms with van der Waals surface area (Å²) >= 11 is 1.01. The predicted molar refractivity (Wildman–Crippen MR) is 80.8 cm³/mol. The Bertz CT molecular complexity index is 643. The number of amides is 2. The smallest absolute Gasteiger partial charge is 0.321 e. The number of carbonyl (C=O) groups excluding carboxylic acids is 1. The summed E-state index contributed by atoms with van der Waals surface area (Å²) in [5.41, 5.74) is 0.475. The van der Waals surface area contributed by atoms with E-state index in [2.05, 4.69) is 17.3 Å². The Labute approximate surface area is 127 Å². The van der Waals surface area contributed by atoms with Gasteiger partial charge in [0.05, 0.1) is 5.69 Å². The van der Waals surface area contributed by atoms with Crippen molar-refractivity contribution in [3.63, 3.8) is 0 Å². The van der Waals surface area contributed by atoms with Crippen molar-refractivity contribution in [2.75, 3.05) is 38.5 Å². The van der Waals surface area contributed by atoms with Gasteiger partial charge < -0.3 is 15.1 Å². The number of hydrogen-bond donors (Lipinski definition) is 2. The van der Waals surface area contributed by atoms with Gasteiger partial charge in [-0.15, -0.1) is 11.3 Å². The molecule has 2 aliphatic rings. The van der Waals surface area contributed by atoms with Gasteiger partial charge in [0.15, 0.2) is 0 Å². The molecule has 0 aliphatic carbocycles. The molecule has 3 heterocycles. The number of fused-ring (bicyclic) bond motifs is 1. The number of nitrogens with two attached hydrogens (primary N) is 1. The summed E-state index contributed by atoms with van der Waals surface area (Å²) in [4.78, 5) is 16.3. The average molecular weight is 330 g/mol. The van der Waals surface area contributed by atoms with Crippen LogP contribution in [-0.2, 0) is 10.0 Å². The minimum absolute atomic E-state index is 0.0534. The standard InChI is InChI=1S/C12H18N4O3S2/c1-15-3-8-5-16(6-9(8)4-15)12(17)14-10-2-11(20-7-10)21(13,18)19/h2,7-9H,3-6H2,1H3,(H,14,17)(H2,13,18,19)/t8-,9+. The molecule has 0 aromatic carbocycles. The van der Waals surface area contributed by atoms with Crippen molar-refractivity contribution in [2.24, 2.45) is 17.0 Å². The molecule has 2 amide bonds. The van der Waals surface area contributed by atoms with Gasteiger partial charge in [0.1, 0.15) is 4.21 Å². The molecule has 3 rings (SSSR count). The molecular formula is C12H18N4O3S2. The minimum Gasteiger partial charge on any atom is -0.324 e. The summed E-state index contributed by atoms with van der Waals surface area (Å²) in [6, 6.07) is 1.22. The first-order chi connectivity index (χ1) is 9.83. The van der Waals surface area contributed by atoms with Crippen LogP contribution in [0.25, 0.3) is 0 Å². The van der Waals surface area contributed by atoms with E-state index >= 15 is 0 Å². The van der Waals surface area contributed by atoms with E-state index < -0.39 is 10.0 Å². The highest BCUT2D eigenvalue weighted by Crippen LogP contribution is 2.31. The van der Waals surface area contributed by atoms with E-state index in [0.717, 1.165) is 37.5 Å². The lowest BCUT2D eigenvalue weighted by atomic mass is 10.0. The zero-order valence-electron chi connectivity index (χ0n) is 11.7. The molecule has 9 heteroatoms. The van der Waals surface area contributed by atoms with E-state index in [1.165, 1.54) is 6.07 Å². The first-order valence-electron chi connectivity index (χ1n) is 6.69. The molecule has 0 bridgehead atoms. The molecule has 2 fully saturated rings. The van der Waals surface area contributed by atoms with Gasteiger partial charge in [0.25, 0.3) is 0 Å². The molecule has 21 heavy (non-hydrogen) atoms. The zero-order chi connectivity index (χ0) is 15.2. The van der Waals surface area contributed by atoms with Crippen molar-refractivity contribution in [3.8, 4) is 0 Å². The molecule has 0 saturated carbocycles. The third-order valence-corrected chi connectivity index (χ3v) is 6.45. The number of nitrogens with zero attached hydrogens (tertiary/aromatic N) is 2.